The van der Waals surface area contributed by atoms with E-state index < -0.39 is 17.8 Å². The molecule has 0 bridgehead atoms. The third-order valence-corrected chi connectivity index (χ3v) is 4.25. The third kappa shape index (κ3) is 6.20. The van der Waals surface area contributed by atoms with Gasteiger partial charge < -0.3 is 9.84 Å². The second-order valence-corrected chi connectivity index (χ2v) is 6.67. The molecule has 1 rings (SSSR count). The summed E-state index contributed by atoms with van der Waals surface area (Å²) in [5.74, 6) is -1.77. The minimum absolute atomic E-state index is 0.0726. The van der Waals surface area contributed by atoms with Gasteiger partial charge >= 0.3 is 11.9 Å². The van der Waals surface area contributed by atoms with Crippen molar-refractivity contribution in [3.63, 3.8) is 0 Å². The molecule has 0 heterocycles. The molecule has 0 aromatic rings. The summed E-state index contributed by atoms with van der Waals surface area (Å²) in [4.78, 5) is 23.7. The number of aliphatic carboxylic acids is 1. The Balaban J connectivity index is 2.57. The molecule has 0 aromatic carbocycles. The highest BCUT2D eigenvalue weighted by Crippen LogP contribution is 2.28. The summed E-state index contributed by atoms with van der Waals surface area (Å²) in [6.45, 7) is 6.45. The molecule has 1 aliphatic carbocycles. The lowest BCUT2D eigenvalue weighted by Gasteiger charge is -2.26. The van der Waals surface area contributed by atoms with Crippen molar-refractivity contribution >= 4 is 11.9 Å². The molecular weight excluding hydrogens is 280 g/mol. The van der Waals surface area contributed by atoms with E-state index in [1.807, 2.05) is 12.2 Å². The van der Waals surface area contributed by atoms with Gasteiger partial charge in [-0.3, -0.25) is 9.59 Å². The lowest BCUT2D eigenvalue weighted by molar-refractivity contribution is -0.162. The Kier molecular flexibility index (Phi) is 8.21. The molecule has 0 aliphatic heterocycles. The average molecular weight is 310 g/mol. The second kappa shape index (κ2) is 9.65. The predicted octanol–water partition coefficient (Wildman–Crippen LogP) is 4.19. The molecule has 22 heavy (non-hydrogen) atoms. The van der Waals surface area contributed by atoms with Crippen LogP contribution < -0.4 is 0 Å². The first-order chi connectivity index (χ1) is 10.5. The van der Waals surface area contributed by atoms with Gasteiger partial charge in [-0.05, 0) is 38.0 Å². The standard InChI is InChI=1S/C18H30O4/c1-4-8-14(10-7-9-13(2)3)22-18(21)16-12-6-5-11-15(16)17(19)20/h5-6,13-16H,4,7-12H2,1-3H3,(H,19,20). The molecule has 0 fully saturated rings. The Labute approximate surface area is 133 Å². The van der Waals surface area contributed by atoms with E-state index in [9.17, 15) is 14.7 Å². The Morgan fingerprint density at radius 1 is 1.14 bits per heavy atom. The monoisotopic (exact) mass is 310 g/mol. The zero-order valence-electron chi connectivity index (χ0n) is 14.1. The molecule has 0 saturated heterocycles. The largest absolute Gasteiger partial charge is 0.481 e. The summed E-state index contributed by atoms with van der Waals surface area (Å²) in [5, 5.41) is 9.26. The van der Waals surface area contributed by atoms with Crippen LogP contribution in [0.5, 0.6) is 0 Å². The van der Waals surface area contributed by atoms with E-state index in [0.29, 0.717) is 18.8 Å². The first kappa shape index (κ1) is 18.7. The molecular formula is C18H30O4. The topological polar surface area (TPSA) is 63.6 Å². The molecule has 0 radical (unpaired) electrons. The van der Waals surface area contributed by atoms with Gasteiger partial charge in [0.05, 0.1) is 11.8 Å². The van der Waals surface area contributed by atoms with Crippen LogP contribution in [0.1, 0.15) is 65.7 Å². The van der Waals surface area contributed by atoms with Crippen LogP contribution in [-0.4, -0.2) is 23.1 Å². The molecule has 1 N–H and O–H groups in total. The molecule has 3 unspecified atom stereocenters. The van der Waals surface area contributed by atoms with Crippen molar-refractivity contribution in [2.75, 3.05) is 0 Å². The van der Waals surface area contributed by atoms with E-state index >= 15 is 0 Å². The zero-order chi connectivity index (χ0) is 16.5. The molecule has 4 heteroatoms. The summed E-state index contributed by atoms with van der Waals surface area (Å²) < 4.78 is 5.66. The van der Waals surface area contributed by atoms with Crippen molar-refractivity contribution in [1.29, 1.82) is 0 Å². The van der Waals surface area contributed by atoms with Crippen molar-refractivity contribution in [2.24, 2.45) is 17.8 Å². The molecule has 3 atom stereocenters. The van der Waals surface area contributed by atoms with Gasteiger partial charge in [0.15, 0.2) is 0 Å². The highest BCUT2D eigenvalue weighted by atomic mass is 16.5. The zero-order valence-corrected chi connectivity index (χ0v) is 14.1. The van der Waals surface area contributed by atoms with Crippen LogP contribution in [0, 0.1) is 17.8 Å². The van der Waals surface area contributed by atoms with Crippen LogP contribution in [0.15, 0.2) is 12.2 Å². The maximum atomic E-state index is 12.4. The summed E-state index contributed by atoms with van der Waals surface area (Å²) in [5.41, 5.74) is 0. The van der Waals surface area contributed by atoms with E-state index in [1.54, 1.807) is 0 Å². The number of rotatable bonds is 9. The quantitative estimate of drug-likeness (QED) is 0.512. The van der Waals surface area contributed by atoms with Gasteiger partial charge in [0.1, 0.15) is 6.10 Å². The molecule has 0 aromatic heterocycles. The van der Waals surface area contributed by atoms with Crippen molar-refractivity contribution < 1.29 is 19.4 Å². The van der Waals surface area contributed by atoms with Crippen molar-refractivity contribution in [3.05, 3.63) is 12.2 Å². The Morgan fingerprint density at radius 2 is 1.77 bits per heavy atom. The predicted molar refractivity (Wildman–Crippen MR) is 86.5 cm³/mol. The van der Waals surface area contributed by atoms with Gasteiger partial charge in [0, 0.05) is 0 Å². The van der Waals surface area contributed by atoms with E-state index in [4.69, 9.17) is 4.74 Å². The van der Waals surface area contributed by atoms with Gasteiger partial charge in [-0.25, -0.2) is 0 Å². The fraction of sp³-hybridized carbons (Fsp3) is 0.778. The first-order valence-electron chi connectivity index (χ1n) is 8.54. The van der Waals surface area contributed by atoms with E-state index in [0.717, 1.165) is 32.1 Å². The number of carboxylic acid groups (broad SMARTS) is 1. The van der Waals surface area contributed by atoms with Crippen LogP contribution in [0.2, 0.25) is 0 Å². The minimum Gasteiger partial charge on any atom is -0.481 e. The minimum atomic E-state index is -0.904. The molecule has 1 aliphatic rings. The smallest absolute Gasteiger partial charge is 0.310 e. The Morgan fingerprint density at radius 3 is 2.32 bits per heavy atom. The van der Waals surface area contributed by atoms with E-state index in [1.165, 1.54) is 0 Å². The van der Waals surface area contributed by atoms with Crippen LogP contribution >= 0.6 is 0 Å². The number of hydrogen-bond acceptors (Lipinski definition) is 3. The molecule has 126 valence electrons. The molecule has 4 nitrogen and oxygen atoms in total. The fourth-order valence-corrected chi connectivity index (χ4v) is 2.94. The SMILES string of the molecule is CCCC(CCCC(C)C)OC(=O)C1CC=CCC1C(=O)O. The maximum Gasteiger partial charge on any atom is 0.310 e. The van der Waals surface area contributed by atoms with Gasteiger partial charge in [-0.15, -0.1) is 0 Å². The van der Waals surface area contributed by atoms with Crippen molar-refractivity contribution in [2.45, 2.75) is 71.8 Å². The van der Waals surface area contributed by atoms with Crippen LogP contribution in [-0.2, 0) is 14.3 Å². The third-order valence-electron chi connectivity index (χ3n) is 4.25. The normalized spacial score (nSPS) is 22.5. The van der Waals surface area contributed by atoms with Gasteiger partial charge in [-0.2, -0.15) is 0 Å². The number of carboxylic acids is 1. The molecule has 0 amide bonds. The van der Waals surface area contributed by atoms with Crippen LogP contribution in [0.25, 0.3) is 0 Å². The highest BCUT2D eigenvalue weighted by Gasteiger charge is 2.35. The fourth-order valence-electron chi connectivity index (χ4n) is 2.94. The second-order valence-electron chi connectivity index (χ2n) is 6.67. The average Bonchev–Trinajstić information content (AvgIpc) is 2.46. The van der Waals surface area contributed by atoms with Gasteiger partial charge in [0.25, 0.3) is 0 Å². The lowest BCUT2D eigenvalue weighted by atomic mass is 9.83. The lowest BCUT2D eigenvalue weighted by Crippen LogP contribution is -2.34. The highest BCUT2D eigenvalue weighted by molar-refractivity contribution is 5.81. The van der Waals surface area contributed by atoms with Crippen molar-refractivity contribution in [3.8, 4) is 0 Å². The summed E-state index contributed by atoms with van der Waals surface area (Å²) >= 11 is 0. The van der Waals surface area contributed by atoms with Crippen LogP contribution in [0.4, 0.5) is 0 Å². The van der Waals surface area contributed by atoms with E-state index in [-0.39, 0.29) is 12.1 Å². The van der Waals surface area contributed by atoms with Crippen molar-refractivity contribution in [1.82, 2.24) is 0 Å². The summed E-state index contributed by atoms with van der Waals surface area (Å²) in [7, 11) is 0. The number of allylic oxidation sites excluding steroid dienone is 2. The number of carbonyl (C=O) groups is 2. The Bertz CT molecular complexity index is 387. The molecule has 0 saturated carbocycles. The maximum absolute atomic E-state index is 12.4. The number of esters is 1. The number of ether oxygens (including phenoxy) is 1. The molecule has 0 spiro atoms. The number of hydrogen-bond donors (Lipinski definition) is 1. The summed E-state index contributed by atoms with van der Waals surface area (Å²) in [6.07, 6.45) is 9.41. The Hall–Kier alpha value is -1.32. The first-order valence-corrected chi connectivity index (χ1v) is 8.54. The van der Waals surface area contributed by atoms with Crippen LogP contribution in [0.3, 0.4) is 0 Å². The summed E-state index contributed by atoms with van der Waals surface area (Å²) in [6, 6.07) is 0. The van der Waals surface area contributed by atoms with E-state index in [2.05, 4.69) is 20.8 Å². The number of carbonyl (C=O) groups excluding carboxylic acids is 1. The van der Waals surface area contributed by atoms with Gasteiger partial charge in [-0.1, -0.05) is 45.8 Å². The van der Waals surface area contributed by atoms with Gasteiger partial charge in [0.2, 0.25) is 0 Å².